The van der Waals surface area contributed by atoms with Crippen LogP contribution in [-0.2, 0) is 0 Å². The van der Waals surface area contributed by atoms with Gasteiger partial charge in [0.25, 0.3) is 0 Å². The molecule has 0 unspecified atom stereocenters. The Hall–Kier alpha value is -1.43. The Bertz CT molecular complexity index is 489. The van der Waals surface area contributed by atoms with Crippen LogP contribution in [0, 0.1) is 13.8 Å². The maximum atomic E-state index is 5.68. The molecule has 0 spiro atoms. The van der Waals surface area contributed by atoms with Gasteiger partial charge in [0.15, 0.2) is 5.82 Å². The average molecular weight is 269 g/mol. The molecule has 0 fully saturated rings. The number of hydrogen-bond donors (Lipinski definition) is 1. The summed E-state index contributed by atoms with van der Waals surface area (Å²) in [7, 11) is 0. The molecule has 0 aliphatic heterocycles. The first-order valence-corrected chi connectivity index (χ1v) is 5.10. The lowest BCUT2D eigenvalue weighted by Gasteiger charge is -2.01. The van der Waals surface area contributed by atoms with E-state index < -0.39 is 0 Å². The zero-order chi connectivity index (χ0) is 11.0. The fourth-order valence-electron chi connectivity index (χ4n) is 1.30. The van der Waals surface area contributed by atoms with Crippen molar-refractivity contribution < 1.29 is 4.52 Å². The van der Waals surface area contributed by atoms with Gasteiger partial charge in [-0.15, -0.1) is 0 Å². The van der Waals surface area contributed by atoms with Crippen LogP contribution in [0.1, 0.15) is 11.5 Å². The minimum Gasteiger partial charge on any atom is -0.383 e. The van der Waals surface area contributed by atoms with Crippen molar-refractivity contribution in [2.45, 2.75) is 13.8 Å². The van der Waals surface area contributed by atoms with Crippen molar-refractivity contribution in [2.24, 2.45) is 0 Å². The molecular formula is C9H9BrN4O. The van der Waals surface area contributed by atoms with E-state index in [1.54, 1.807) is 6.20 Å². The molecule has 6 heteroatoms. The largest absolute Gasteiger partial charge is 0.383 e. The predicted molar refractivity (Wildman–Crippen MR) is 59.1 cm³/mol. The number of aromatic nitrogens is 3. The van der Waals surface area contributed by atoms with Gasteiger partial charge in [-0.2, -0.15) is 0 Å². The lowest BCUT2D eigenvalue weighted by Crippen LogP contribution is -1.97. The molecule has 2 aromatic rings. The van der Waals surface area contributed by atoms with E-state index >= 15 is 0 Å². The van der Waals surface area contributed by atoms with E-state index in [9.17, 15) is 0 Å². The summed E-state index contributed by atoms with van der Waals surface area (Å²) in [6.07, 6.45) is 1.61. The van der Waals surface area contributed by atoms with Crippen molar-refractivity contribution >= 4 is 21.7 Å². The van der Waals surface area contributed by atoms with Crippen LogP contribution in [0.5, 0.6) is 0 Å². The highest BCUT2D eigenvalue weighted by molar-refractivity contribution is 9.10. The minimum absolute atomic E-state index is 0.403. The molecule has 0 saturated carbocycles. The third kappa shape index (κ3) is 1.72. The van der Waals surface area contributed by atoms with E-state index in [1.165, 1.54) is 0 Å². The molecule has 15 heavy (non-hydrogen) atoms. The molecule has 0 bridgehead atoms. The molecule has 0 atom stereocenters. The zero-order valence-electron chi connectivity index (χ0n) is 8.28. The van der Waals surface area contributed by atoms with E-state index in [0.29, 0.717) is 21.9 Å². The smallest absolute Gasteiger partial charge is 0.167 e. The topological polar surface area (TPSA) is 77.8 Å². The maximum absolute atomic E-state index is 5.68. The summed E-state index contributed by atoms with van der Waals surface area (Å²) >= 11 is 3.24. The highest BCUT2D eigenvalue weighted by atomic mass is 79.9. The highest BCUT2D eigenvalue weighted by Crippen LogP contribution is 2.25. The van der Waals surface area contributed by atoms with E-state index in [-0.39, 0.29) is 0 Å². The van der Waals surface area contributed by atoms with Gasteiger partial charge < -0.3 is 10.3 Å². The molecule has 0 aliphatic carbocycles. The third-order valence-corrected chi connectivity index (χ3v) is 2.64. The SMILES string of the molecule is Cc1noc(C)c1-c1ncc(Br)c(N)n1. The summed E-state index contributed by atoms with van der Waals surface area (Å²) in [5.41, 5.74) is 7.24. The van der Waals surface area contributed by atoms with E-state index in [2.05, 4.69) is 31.1 Å². The van der Waals surface area contributed by atoms with E-state index in [0.717, 1.165) is 11.3 Å². The second-order valence-corrected chi connectivity index (χ2v) is 3.98. The Kier molecular flexibility index (Phi) is 2.44. The van der Waals surface area contributed by atoms with Crippen molar-refractivity contribution in [3.8, 4) is 11.4 Å². The van der Waals surface area contributed by atoms with Gasteiger partial charge in [0.05, 0.1) is 15.7 Å². The molecule has 2 rings (SSSR count). The van der Waals surface area contributed by atoms with Crippen LogP contribution in [0.4, 0.5) is 5.82 Å². The third-order valence-electron chi connectivity index (χ3n) is 2.03. The molecule has 0 amide bonds. The lowest BCUT2D eigenvalue weighted by atomic mass is 10.2. The standard InChI is InChI=1S/C9H9BrN4O/c1-4-7(5(2)15-14-4)9-12-3-6(10)8(11)13-9/h3H,1-2H3,(H2,11,12,13). The summed E-state index contributed by atoms with van der Waals surface area (Å²) in [5, 5.41) is 3.84. The molecule has 0 saturated heterocycles. The van der Waals surface area contributed by atoms with Gasteiger partial charge in [-0.25, -0.2) is 9.97 Å². The van der Waals surface area contributed by atoms with Gasteiger partial charge >= 0.3 is 0 Å². The predicted octanol–water partition coefficient (Wildman–Crippen LogP) is 2.09. The molecule has 2 aromatic heterocycles. The van der Waals surface area contributed by atoms with Crippen LogP contribution in [0.15, 0.2) is 15.2 Å². The molecule has 2 heterocycles. The Morgan fingerprint density at radius 2 is 2.13 bits per heavy atom. The number of nitrogen functional groups attached to an aromatic ring is 1. The van der Waals surface area contributed by atoms with Crippen molar-refractivity contribution in [3.05, 3.63) is 22.1 Å². The van der Waals surface area contributed by atoms with Crippen molar-refractivity contribution in [1.29, 1.82) is 0 Å². The van der Waals surface area contributed by atoms with Crippen LogP contribution in [-0.4, -0.2) is 15.1 Å². The van der Waals surface area contributed by atoms with Crippen LogP contribution in [0.3, 0.4) is 0 Å². The Morgan fingerprint density at radius 1 is 1.40 bits per heavy atom. The number of nitrogens with two attached hydrogens (primary N) is 1. The van der Waals surface area contributed by atoms with Gasteiger partial charge in [0.1, 0.15) is 11.6 Å². The zero-order valence-corrected chi connectivity index (χ0v) is 9.87. The van der Waals surface area contributed by atoms with E-state index in [1.807, 2.05) is 13.8 Å². The van der Waals surface area contributed by atoms with Gasteiger partial charge in [-0.1, -0.05) is 5.16 Å². The molecule has 2 N–H and O–H groups in total. The second-order valence-electron chi connectivity index (χ2n) is 3.13. The normalized spacial score (nSPS) is 10.6. The number of anilines is 1. The molecule has 0 aromatic carbocycles. The summed E-state index contributed by atoms with van der Waals surface area (Å²) in [4.78, 5) is 8.32. The summed E-state index contributed by atoms with van der Waals surface area (Å²) in [6.45, 7) is 3.66. The first-order valence-electron chi connectivity index (χ1n) is 4.31. The minimum atomic E-state index is 0.403. The van der Waals surface area contributed by atoms with Gasteiger partial charge in [0, 0.05) is 6.20 Å². The summed E-state index contributed by atoms with van der Waals surface area (Å²) in [5.74, 6) is 1.63. The van der Waals surface area contributed by atoms with Crippen molar-refractivity contribution in [2.75, 3.05) is 5.73 Å². The fourth-order valence-corrected chi connectivity index (χ4v) is 1.49. The summed E-state index contributed by atoms with van der Waals surface area (Å²) in [6, 6.07) is 0. The average Bonchev–Trinajstić information content (AvgIpc) is 2.52. The van der Waals surface area contributed by atoms with Gasteiger partial charge in [0.2, 0.25) is 0 Å². The fraction of sp³-hybridized carbons (Fsp3) is 0.222. The Balaban J connectivity index is 2.59. The van der Waals surface area contributed by atoms with Crippen LogP contribution < -0.4 is 5.73 Å². The number of halogens is 1. The van der Waals surface area contributed by atoms with Crippen LogP contribution >= 0.6 is 15.9 Å². The van der Waals surface area contributed by atoms with Crippen LogP contribution in [0.25, 0.3) is 11.4 Å². The highest BCUT2D eigenvalue weighted by Gasteiger charge is 2.14. The summed E-state index contributed by atoms with van der Waals surface area (Å²) < 4.78 is 5.72. The molecule has 5 nitrogen and oxygen atoms in total. The second kappa shape index (κ2) is 3.62. The first-order chi connectivity index (χ1) is 7.09. The number of hydrogen-bond acceptors (Lipinski definition) is 5. The van der Waals surface area contributed by atoms with Crippen molar-refractivity contribution in [1.82, 2.24) is 15.1 Å². The van der Waals surface area contributed by atoms with E-state index in [4.69, 9.17) is 10.3 Å². The van der Waals surface area contributed by atoms with Gasteiger partial charge in [-0.05, 0) is 29.8 Å². The molecule has 0 aliphatic rings. The Labute approximate surface area is 94.8 Å². The van der Waals surface area contributed by atoms with Crippen molar-refractivity contribution in [3.63, 3.8) is 0 Å². The monoisotopic (exact) mass is 268 g/mol. The number of aryl methyl sites for hydroxylation is 2. The van der Waals surface area contributed by atoms with Gasteiger partial charge in [-0.3, -0.25) is 0 Å². The Morgan fingerprint density at radius 3 is 2.67 bits per heavy atom. The first kappa shape index (κ1) is 10.1. The quantitative estimate of drug-likeness (QED) is 0.857. The van der Waals surface area contributed by atoms with Crippen LogP contribution in [0.2, 0.25) is 0 Å². The molecular weight excluding hydrogens is 260 g/mol. The number of rotatable bonds is 1. The number of nitrogens with zero attached hydrogens (tertiary/aromatic N) is 3. The molecule has 0 radical (unpaired) electrons. The molecule has 78 valence electrons. The lowest BCUT2D eigenvalue weighted by molar-refractivity contribution is 0.393. The maximum Gasteiger partial charge on any atom is 0.167 e.